The fourth-order valence-electron chi connectivity index (χ4n) is 10.2. The smallest absolute Gasteiger partial charge is 0.308 e. The van der Waals surface area contributed by atoms with Gasteiger partial charge < -0.3 is 9.13 Å². The molecule has 0 aliphatic carbocycles. The van der Waals surface area contributed by atoms with E-state index in [4.69, 9.17) is 0 Å². The van der Waals surface area contributed by atoms with E-state index in [1.54, 1.807) is 12.1 Å². The number of rotatable bonds is 5. The van der Waals surface area contributed by atoms with Crippen LogP contribution in [0, 0.1) is 25.2 Å². The molecule has 0 saturated heterocycles. The summed E-state index contributed by atoms with van der Waals surface area (Å²) < 4.78 is 48.2. The maximum Gasteiger partial charge on any atom is 0.416 e. The maximum atomic E-state index is 14.6. The minimum atomic E-state index is -4.56. The van der Waals surface area contributed by atoms with Crippen LogP contribution in [0.25, 0.3) is 110 Å². The minimum absolute atomic E-state index is 0.446. The number of alkyl halides is 3. The SMILES string of the molecule is Cc1ccc(-c2c(C#N)c(-c3ccc(C)cc3)c(-n3c4ccccc4c4cc5ccccc5cc43)c(-c3ccc(C(F)(F)F)cc3)c2-n2c3ccccc3c3cc4ccccc4cc32)cc1. The molecular formula is C60H38F3N3. The van der Waals surface area contributed by atoms with Crippen molar-refractivity contribution in [1.82, 2.24) is 9.13 Å². The van der Waals surface area contributed by atoms with Gasteiger partial charge in [-0.1, -0.05) is 157 Å². The van der Waals surface area contributed by atoms with Crippen molar-refractivity contribution < 1.29 is 13.2 Å². The van der Waals surface area contributed by atoms with Crippen molar-refractivity contribution in [2.45, 2.75) is 20.0 Å². The molecule has 0 saturated carbocycles. The zero-order chi connectivity index (χ0) is 44.8. The van der Waals surface area contributed by atoms with E-state index >= 15 is 0 Å². The molecule has 0 bridgehead atoms. The first-order chi connectivity index (χ1) is 32.2. The molecule has 0 aliphatic rings. The van der Waals surface area contributed by atoms with Crippen LogP contribution in [-0.4, -0.2) is 9.13 Å². The van der Waals surface area contributed by atoms with Gasteiger partial charge in [0.05, 0.1) is 44.6 Å². The number of nitriles is 1. The van der Waals surface area contributed by atoms with Gasteiger partial charge in [0.25, 0.3) is 0 Å². The molecule has 66 heavy (non-hydrogen) atoms. The molecule has 6 heteroatoms. The molecule has 3 nitrogen and oxygen atoms in total. The van der Waals surface area contributed by atoms with Gasteiger partial charge in [0.1, 0.15) is 6.07 Å². The number of para-hydroxylation sites is 2. The number of nitrogens with zero attached hydrogens (tertiary/aromatic N) is 3. The summed E-state index contributed by atoms with van der Waals surface area (Å²) >= 11 is 0. The molecule has 0 N–H and O–H groups in total. The second kappa shape index (κ2) is 14.8. The number of halogens is 3. The Hall–Kier alpha value is -8.40. The van der Waals surface area contributed by atoms with Crippen molar-refractivity contribution in [1.29, 1.82) is 5.26 Å². The van der Waals surface area contributed by atoms with Gasteiger partial charge in [-0.3, -0.25) is 0 Å². The average Bonchev–Trinajstić information content (AvgIpc) is 3.83. The van der Waals surface area contributed by atoms with E-state index < -0.39 is 11.7 Å². The number of benzene rings is 10. The lowest BCUT2D eigenvalue weighted by molar-refractivity contribution is -0.137. The minimum Gasteiger partial charge on any atom is -0.308 e. The third-order valence-corrected chi connectivity index (χ3v) is 13.3. The third kappa shape index (κ3) is 6.04. The van der Waals surface area contributed by atoms with Gasteiger partial charge in [0.2, 0.25) is 0 Å². The van der Waals surface area contributed by atoms with Crippen LogP contribution in [-0.2, 0) is 6.18 Å². The molecule has 12 aromatic rings. The molecule has 0 unspecified atom stereocenters. The number of aryl methyl sites for hydroxylation is 2. The van der Waals surface area contributed by atoms with E-state index in [9.17, 15) is 18.4 Å². The Morgan fingerprint density at radius 3 is 1.17 bits per heavy atom. The lowest BCUT2D eigenvalue weighted by Gasteiger charge is -2.28. The Labute approximate surface area is 378 Å². The number of hydrogen-bond acceptors (Lipinski definition) is 1. The maximum absolute atomic E-state index is 14.6. The summed E-state index contributed by atoms with van der Waals surface area (Å²) in [5.74, 6) is 0. The molecule has 12 rings (SSSR count). The van der Waals surface area contributed by atoms with E-state index in [0.29, 0.717) is 39.2 Å². The summed E-state index contributed by atoms with van der Waals surface area (Å²) in [7, 11) is 0. The topological polar surface area (TPSA) is 33.6 Å². The lowest BCUT2D eigenvalue weighted by atomic mass is 9.83. The Morgan fingerprint density at radius 1 is 0.394 bits per heavy atom. The summed E-state index contributed by atoms with van der Waals surface area (Å²) in [6.07, 6.45) is -4.56. The molecular weight excluding hydrogens is 820 g/mol. The summed E-state index contributed by atoms with van der Waals surface area (Å²) in [5.41, 5.74) is 11.0. The van der Waals surface area contributed by atoms with Gasteiger partial charge in [-0.15, -0.1) is 0 Å². The second-order valence-corrected chi connectivity index (χ2v) is 17.3. The zero-order valence-electron chi connectivity index (χ0n) is 36.0. The fourth-order valence-corrected chi connectivity index (χ4v) is 10.2. The van der Waals surface area contributed by atoms with E-state index in [2.05, 4.69) is 137 Å². The third-order valence-electron chi connectivity index (χ3n) is 13.3. The van der Waals surface area contributed by atoms with Crippen LogP contribution < -0.4 is 0 Å². The molecule has 2 aromatic heterocycles. The summed E-state index contributed by atoms with van der Waals surface area (Å²) in [6.45, 7) is 4.07. The molecule has 0 aliphatic heterocycles. The average molecular weight is 858 g/mol. The van der Waals surface area contributed by atoms with Crippen LogP contribution in [0.2, 0.25) is 0 Å². The van der Waals surface area contributed by atoms with E-state index in [1.165, 1.54) is 12.1 Å². The predicted molar refractivity (Wildman–Crippen MR) is 266 cm³/mol. The molecule has 10 aromatic carbocycles. The van der Waals surface area contributed by atoms with Crippen LogP contribution in [0.1, 0.15) is 22.3 Å². The second-order valence-electron chi connectivity index (χ2n) is 17.3. The van der Waals surface area contributed by atoms with Crippen LogP contribution in [0.3, 0.4) is 0 Å². The van der Waals surface area contributed by atoms with Crippen LogP contribution in [0.5, 0.6) is 0 Å². The normalized spacial score (nSPS) is 12.0. The van der Waals surface area contributed by atoms with Crippen molar-refractivity contribution in [3.63, 3.8) is 0 Å². The number of hydrogen-bond donors (Lipinski definition) is 0. The molecule has 2 heterocycles. The zero-order valence-corrected chi connectivity index (χ0v) is 36.0. The number of fused-ring (bicyclic) bond motifs is 8. The van der Waals surface area contributed by atoms with Crippen molar-refractivity contribution in [2.75, 3.05) is 0 Å². The molecule has 0 atom stereocenters. The summed E-state index contributed by atoms with van der Waals surface area (Å²) in [6, 6.07) is 66.7. The Bertz CT molecular complexity index is 3750. The van der Waals surface area contributed by atoms with Gasteiger partial charge in [0.15, 0.2) is 0 Å². The van der Waals surface area contributed by atoms with Crippen LogP contribution in [0.15, 0.2) is 194 Å². The first kappa shape index (κ1) is 39.2. The van der Waals surface area contributed by atoms with Crippen molar-refractivity contribution in [2.24, 2.45) is 0 Å². The van der Waals surface area contributed by atoms with E-state index in [-0.39, 0.29) is 0 Å². The van der Waals surface area contributed by atoms with Crippen LogP contribution >= 0.6 is 0 Å². The highest BCUT2D eigenvalue weighted by Crippen LogP contribution is 2.52. The summed E-state index contributed by atoms with van der Waals surface area (Å²) in [4.78, 5) is 0. The monoisotopic (exact) mass is 857 g/mol. The molecule has 0 spiro atoms. The quantitative estimate of drug-likeness (QED) is 0.170. The Kier molecular flexibility index (Phi) is 8.81. The molecule has 0 amide bonds. The Balaban J connectivity index is 1.40. The van der Waals surface area contributed by atoms with Gasteiger partial charge >= 0.3 is 6.18 Å². The lowest BCUT2D eigenvalue weighted by Crippen LogP contribution is -2.11. The highest BCUT2D eigenvalue weighted by atomic mass is 19.4. The van der Waals surface area contributed by atoms with Gasteiger partial charge in [0, 0.05) is 38.2 Å². The highest BCUT2D eigenvalue weighted by Gasteiger charge is 2.34. The Morgan fingerprint density at radius 2 is 0.758 bits per heavy atom. The van der Waals surface area contributed by atoms with Gasteiger partial charge in [-0.05, 0) is 101 Å². The predicted octanol–water partition coefficient (Wildman–Crippen LogP) is 16.7. The van der Waals surface area contributed by atoms with Crippen molar-refractivity contribution >= 4 is 65.2 Å². The molecule has 0 fully saturated rings. The van der Waals surface area contributed by atoms with E-state index in [0.717, 1.165) is 87.4 Å². The largest absolute Gasteiger partial charge is 0.416 e. The molecule has 314 valence electrons. The van der Waals surface area contributed by atoms with E-state index in [1.807, 2.05) is 62.4 Å². The highest BCUT2D eigenvalue weighted by molar-refractivity contribution is 6.18. The van der Waals surface area contributed by atoms with Crippen LogP contribution in [0.4, 0.5) is 13.2 Å². The van der Waals surface area contributed by atoms with Gasteiger partial charge in [-0.2, -0.15) is 18.4 Å². The number of aromatic nitrogens is 2. The first-order valence-corrected chi connectivity index (χ1v) is 22.0. The standard InChI is InChI=1S/C60H38F3N3/c1-36-19-23-38(24-20-36)55-50(35-64)56(39-25-21-37(2)22-26-39)59(66-52-18-10-8-16-47(52)49-32-42-12-4-6-14-44(42)34-54(49)66)57(40-27-29-45(30-28-40)60(61,62)63)58(55)65-51-17-9-7-15-46(51)48-31-41-11-3-5-13-43(41)33-53(48)65/h3-34H,1-2H3. The van der Waals surface area contributed by atoms with Crippen molar-refractivity contribution in [3.05, 3.63) is 216 Å². The fraction of sp³-hybridized carbons (Fsp3) is 0.0500. The van der Waals surface area contributed by atoms with Gasteiger partial charge in [-0.25, -0.2) is 0 Å². The summed E-state index contributed by atoms with van der Waals surface area (Å²) in [5, 5.41) is 20.3. The van der Waals surface area contributed by atoms with Crippen molar-refractivity contribution in [3.8, 4) is 50.8 Å². The first-order valence-electron chi connectivity index (χ1n) is 22.0. The molecule has 0 radical (unpaired) electrons.